The Hall–Kier alpha value is -0.470. The fourth-order valence-corrected chi connectivity index (χ4v) is 0.539. The summed E-state index contributed by atoms with van der Waals surface area (Å²) in [5.74, 6) is 0. The minimum absolute atomic E-state index is 0. The molecule has 0 saturated heterocycles. The summed E-state index contributed by atoms with van der Waals surface area (Å²) in [5, 5.41) is 0. The van der Waals surface area contributed by atoms with Gasteiger partial charge in [-0.15, -0.1) is 0 Å². The third kappa shape index (κ3) is 7.53. The average molecular weight is 170 g/mol. The van der Waals surface area contributed by atoms with Crippen LogP contribution < -0.4 is 11.9 Å². The molecule has 6 N–H and O–H groups in total. The van der Waals surface area contributed by atoms with Gasteiger partial charge in [0.15, 0.2) is 0 Å². The van der Waals surface area contributed by atoms with E-state index in [0.29, 0.717) is 0 Å². The Morgan fingerprint density at radius 2 is 2.10 bits per heavy atom. The van der Waals surface area contributed by atoms with Gasteiger partial charge in [-0.2, -0.15) is 8.42 Å². The average Bonchev–Trinajstić information content (AvgIpc) is 1.62. The van der Waals surface area contributed by atoms with Crippen LogP contribution in [-0.2, 0) is 14.6 Å². The van der Waals surface area contributed by atoms with Crippen LogP contribution in [0.3, 0.4) is 0 Å². The van der Waals surface area contributed by atoms with E-state index < -0.39 is 16.6 Å². The van der Waals surface area contributed by atoms with E-state index in [2.05, 4.69) is 10.8 Å². The van der Waals surface area contributed by atoms with E-state index in [1.807, 2.05) is 0 Å². The minimum atomic E-state index is -4.43. The highest BCUT2D eigenvalue weighted by molar-refractivity contribution is 7.80. The second-order valence-electron chi connectivity index (χ2n) is 1.22. The molecular formula is C3H10N2O4S. The molecule has 0 fully saturated rings. The summed E-state index contributed by atoms with van der Waals surface area (Å²) in [6.45, 7) is 3.12. The van der Waals surface area contributed by atoms with Gasteiger partial charge in [0.25, 0.3) is 0 Å². The lowest BCUT2D eigenvalue weighted by Gasteiger charge is -2.01. The van der Waals surface area contributed by atoms with Crippen LogP contribution in [0, 0.1) is 0 Å². The molecule has 7 heteroatoms. The van der Waals surface area contributed by atoms with Crippen molar-refractivity contribution in [2.45, 2.75) is 6.23 Å². The summed E-state index contributed by atoms with van der Waals surface area (Å²) in [7, 11) is -4.43. The molecule has 62 valence electrons. The van der Waals surface area contributed by atoms with Crippen molar-refractivity contribution in [3.8, 4) is 0 Å². The van der Waals surface area contributed by atoms with E-state index in [1.165, 1.54) is 0 Å². The lowest BCUT2D eigenvalue weighted by atomic mass is 10.6. The summed E-state index contributed by atoms with van der Waals surface area (Å²) >= 11 is 0. The maximum Gasteiger partial charge on any atom is 0.399 e. The van der Waals surface area contributed by atoms with Crippen molar-refractivity contribution in [2.24, 2.45) is 5.73 Å². The first-order valence-corrected chi connectivity index (χ1v) is 3.36. The van der Waals surface area contributed by atoms with Gasteiger partial charge in [0.1, 0.15) is 6.23 Å². The first-order valence-electron chi connectivity index (χ1n) is 1.99. The third-order valence-electron chi connectivity index (χ3n) is 0.465. The van der Waals surface area contributed by atoms with Gasteiger partial charge in [-0.1, -0.05) is 6.58 Å². The van der Waals surface area contributed by atoms with Gasteiger partial charge in [-0.05, 0) is 6.08 Å². The van der Waals surface area contributed by atoms with E-state index >= 15 is 0 Å². The van der Waals surface area contributed by atoms with Crippen molar-refractivity contribution in [1.82, 2.24) is 6.15 Å². The highest BCUT2D eigenvalue weighted by Gasteiger charge is 2.07. The summed E-state index contributed by atoms with van der Waals surface area (Å²) in [6.07, 6.45) is -0.145. The Labute approximate surface area is 59.2 Å². The van der Waals surface area contributed by atoms with Crippen molar-refractivity contribution >= 4 is 10.4 Å². The van der Waals surface area contributed by atoms with Crippen molar-refractivity contribution < 1.29 is 17.2 Å². The molecule has 0 aliphatic carbocycles. The molecule has 0 radical (unpaired) electrons. The van der Waals surface area contributed by atoms with E-state index in [-0.39, 0.29) is 6.15 Å². The zero-order chi connectivity index (χ0) is 7.49. The Kier molecular flexibility index (Phi) is 5.33. The monoisotopic (exact) mass is 170 g/mol. The van der Waals surface area contributed by atoms with E-state index in [0.717, 1.165) is 6.08 Å². The van der Waals surface area contributed by atoms with Crippen molar-refractivity contribution in [3.05, 3.63) is 12.7 Å². The number of nitrogens with two attached hydrogens (primary N) is 1. The molecule has 0 rings (SSSR count). The number of hydrogen-bond acceptors (Lipinski definition) is 5. The molecule has 0 bridgehead atoms. The number of rotatable bonds is 3. The van der Waals surface area contributed by atoms with E-state index in [1.54, 1.807) is 0 Å². The van der Waals surface area contributed by atoms with Gasteiger partial charge in [0.2, 0.25) is 0 Å². The Bertz CT molecular complexity index is 187. The molecule has 10 heavy (non-hydrogen) atoms. The lowest BCUT2D eigenvalue weighted by Crippen LogP contribution is -2.23. The third-order valence-corrected chi connectivity index (χ3v) is 0.930. The zero-order valence-corrected chi connectivity index (χ0v) is 6.04. The quantitative estimate of drug-likeness (QED) is 0.296. The van der Waals surface area contributed by atoms with Crippen LogP contribution in [-0.4, -0.2) is 19.2 Å². The van der Waals surface area contributed by atoms with E-state index in [4.69, 9.17) is 10.3 Å². The van der Waals surface area contributed by atoms with Gasteiger partial charge in [-0.3, -0.25) is 4.55 Å². The fourth-order valence-electron chi connectivity index (χ4n) is 0.180. The standard InChI is InChI=1S/C3H7NO4S.H3N/c1-2-3(4)8-9(5,6)7;/h2-3H,1,4H2,(H,5,6,7);1H3. The van der Waals surface area contributed by atoms with Crippen LogP contribution in [0.5, 0.6) is 0 Å². The van der Waals surface area contributed by atoms with Crippen LogP contribution in [0.1, 0.15) is 0 Å². The Morgan fingerprint density at radius 3 is 2.20 bits per heavy atom. The van der Waals surface area contributed by atoms with Crippen LogP contribution in [0.25, 0.3) is 0 Å². The highest BCUT2D eigenvalue weighted by atomic mass is 32.3. The maximum atomic E-state index is 9.81. The topological polar surface area (TPSA) is 125 Å². The molecule has 0 aromatic heterocycles. The van der Waals surface area contributed by atoms with E-state index in [9.17, 15) is 8.42 Å². The fraction of sp³-hybridized carbons (Fsp3) is 0.333. The lowest BCUT2D eigenvalue weighted by molar-refractivity contribution is 0.226. The Morgan fingerprint density at radius 1 is 1.70 bits per heavy atom. The molecule has 0 aliphatic rings. The summed E-state index contributed by atoms with van der Waals surface area (Å²) in [5.41, 5.74) is 4.88. The number of hydrogen-bond donors (Lipinski definition) is 3. The predicted octanol–water partition coefficient (Wildman–Crippen LogP) is -0.561. The maximum absolute atomic E-state index is 9.81. The van der Waals surface area contributed by atoms with Crippen LogP contribution in [0.4, 0.5) is 0 Å². The molecule has 0 heterocycles. The van der Waals surface area contributed by atoms with Crippen LogP contribution in [0.2, 0.25) is 0 Å². The second-order valence-corrected chi connectivity index (χ2v) is 2.27. The summed E-state index contributed by atoms with van der Waals surface area (Å²) in [6, 6.07) is 0. The normalized spacial score (nSPS) is 13.4. The molecule has 0 aliphatic heterocycles. The van der Waals surface area contributed by atoms with Crippen molar-refractivity contribution in [2.75, 3.05) is 0 Å². The molecule has 6 nitrogen and oxygen atoms in total. The molecule has 0 aromatic carbocycles. The predicted molar refractivity (Wildman–Crippen MR) is 35.8 cm³/mol. The van der Waals surface area contributed by atoms with Gasteiger partial charge < -0.3 is 11.9 Å². The minimum Gasteiger partial charge on any atom is -0.344 e. The first kappa shape index (κ1) is 12.2. The molecule has 1 atom stereocenters. The molecule has 0 amide bonds. The summed E-state index contributed by atoms with van der Waals surface area (Å²) < 4.78 is 31.3. The Balaban J connectivity index is 0. The van der Waals surface area contributed by atoms with Gasteiger partial charge in [0.05, 0.1) is 0 Å². The van der Waals surface area contributed by atoms with Gasteiger partial charge >= 0.3 is 10.4 Å². The zero-order valence-electron chi connectivity index (χ0n) is 5.23. The van der Waals surface area contributed by atoms with Gasteiger partial charge in [-0.25, -0.2) is 4.18 Å². The second kappa shape index (κ2) is 4.36. The SMILES string of the molecule is C=CC(N)OS(=O)(=O)O.N. The van der Waals surface area contributed by atoms with Gasteiger partial charge in [0, 0.05) is 0 Å². The summed E-state index contributed by atoms with van der Waals surface area (Å²) in [4.78, 5) is 0. The largest absolute Gasteiger partial charge is 0.399 e. The highest BCUT2D eigenvalue weighted by Crippen LogP contribution is 1.89. The molecule has 0 aromatic rings. The van der Waals surface area contributed by atoms with Crippen LogP contribution >= 0.6 is 0 Å². The molecule has 0 saturated carbocycles. The van der Waals surface area contributed by atoms with Crippen molar-refractivity contribution in [1.29, 1.82) is 0 Å². The smallest absolute Gasteiger partial charge is 0.344 e. The first-order chi connectivity index (χ1) is 3.95. The van der Waals surface area contributed by atoms with Crippen molar-refractivity contribution in [3.63, 3.8) is 0 Å². The molecular weight excluding hydrogens is 160 g/mol. The molecule has 1 unspecified atom stereocenters. The molecule has 0 spiro atoms. The van der Waals surface area contributed by atoms with Crippen LogP contribution in [0.15, 0.2) is 12.7 Å².